The minimum atomic E-state index is -4.63. The van der Waals surface area contributed by atoms with Gasteiger partial charge in [-0.3, -0.25) is 4.79 Å². The molecule has 2 rings (SSSR count). The van der Waals surface area contributed by atoms with E-state index in [9.17, 15) is 23.1 Å². The Hall–Kier alpha value is -2.66. The van der Waals surface area contributed by atoms with Gasteiger partial charge in [-0.25, -0.2) is 4.68 Å². The smallest absolute Gasteiger partial charge is 0.386 e. The van der Waals surface area contributed by atoms with Crippen LogP contribution < -0.4 is 5.56 Å². The van der Waals surface area contributed by atoms with E-state index in [1.54, 1.807) is 19.9 Å². The minimum absolute atomic E-state index is 0.140. The number of aliphatic hydroxyl groups is 1. The molecule has 1 heterocycles. The number of rotatable bonds is 3. The van der Waals surface area contributed by atoms with Crippen LogP contribution >= 0.6 is 0 Å². The maximum atomic E-state index is 13.0. The molecule has 1 aromatic heterocycles. The fraction of sp³-hybridized carbons (Fsp3) is 0.312. The summed E-state index contributed by atoms with van der Waals surface area (Å²) in [6.45, 7) is 2.64. The summed E-state index contributed by atoms with van der Waals surface area (Å²) in [5, 5.41) is 23.2. The molecule has 1 atom stereocenters. The molecule has 2 aromatic rings. The van der Waals surface area contributed by atoms with Gasteiger partial charge in [-0.05, 0) is 31.0 Å². The van der Waals surface area contributed by atoms with Crippen LogP contribution in [0, 0.1) is 25.2 Å². The lowest BCUT2D eigenvalue weighted by atomic mass is 10.0. The van der Waals surface area contributed by atoms with Gasteiger partial charge in [0.1, 0.15) is 11.6 Å². The molecule has 1 N–H and O–H groups in total. The number of hydrogen-bond donors (Lipinski definition) is 1. The van der Waals surface area contributed by atoms with E-state index in [4.69, 9.17) is 5.26 Å². The van der Waals surface area contributed by atoms with Crippen molar-refractivity contribution in [1.29, 1.82) is 5.26 Å². The van der Waals surface area contributed by atoms with Crippen molar-refractivity contribution in [1.82, 2.24) is 9.78 Å². The quantitative estimate of drug-likeness (QED) is 0.933. The van der Waals surface area contributed by atoms with Crippen molar-refractivity contribution in [2.75, 3.05) is 0 Å². The number of nitrogens with zero attached hydrogens (tertiary/aromatic N) is 3. The lowest BCUT2D eigenvalue weighted by molar-refractivity contribution is -0.139. The average molecular weight is 337 g/mol. The van der Waals surface area contributed by atoms with Crippen molar-refractivity contribution in [3.8, 4) is 6.07 Å². The molecule has 0 bridgehead atoms. The summed E-state index contributed by atoms with van der Waals surface area (Å²) < 4.78 is 39.9. The van der Waals surface area contributed by atoms with E-state index < -0.39 is 29.9 Å². The Balaban J connectivity index is 2.46. The van der Waals surface area contributed by atoms with Gasteiger partial charge in [-0.2, -0.15) is 23.5 Å². The van der Waals surface area contributed by atoms with E-state index >= 15 is 0 Å². The molecule has 0 fully saturated rings. The second-order valence-electron chi connectivity index (χ2n) is 5.29. The molecule has 5 nitrogen and oxygen atoms in total. The van der Waals surface area contributed by atoms with Crippen LogP contribution in [0.2, 0.25) is 0 Å². The van der Waals surface area contributed by atoms with Crippen molar-refractivity contribution in [3.63, 3.8) is 0 Å². The summed E-state index contributed by atoms with van der Waals surface area (Å²) in [5.41, 5.74) is -1.42. The molecule has 0 saturated heterocycles. The van der Waals surface area contributed by atoms with Crippen LogP contribution in [-0.4, -0.2) is 14.9 Å². The first kappa shape index (κ1) is 17.7. The maximum Gasteiger partial charge on any atom is 0.416 e. The van der Waals surface area contributed by atoms with Crippen molar-refractivity contribution < 1.29 is 18.3 Å². The number of aromatic nitrogens is 2. The lowest BCUT2D eigenvalue weighted by Crippen LogP contribution is -2.30. The Morgan fingerprint density at radius 1 is 1.33 bits per heavy atom. The molecule has 0 unspecified atom stereocenters. The summed E-state index contributed by atoms with van der Waals surface area (Å²) in [4.78, 5) is 12.2. The summed E-state index contributed by atoms with van der Waals surface area (Å²) in [6.07, 6.45) is -6.22. The third-order valence-corrected chi connectivity index (χ3v) is 3.72. The van der Waals surface area contributed by atoms with Crippen molar-refractivity contribution in [2.24, 2.45) is 0 Å². The number of benzene rings is 1. The highest BCUT2D eigenvalue weighted by Crippen LogP contribution is 2.34. The van der Waals surface area contributed by atoms with E-state index in [1.807, 2.05) is 0 Å². The summed E-state index contributed by atoms with van der Waals surface area (Å²) in [6, 6.07) is 6.34. The predicted molar refractivity (Wildman–Crippen MR) is 79.1 cm³/mol. The molecule has 0 aliphatic carbocycles. The highest BCUT2D eigenvalue weighted by atomic mass is 19.4. The van der Waals surface area contributed by atoms with Crippen molar-refractivity contribution in [2.45, 2.75) is 32.7 Å². The Kier molecular flexibility index (Phi) is 4.76. The summed E-state index contributed by atoms with van der Waals surface area (Å²) >= 11 is 0. The molecule has 0 aliphatic rings. The Morgan fingerprint density at radius 2 is 1.96 bits per heavy atom. The molecule has 0 amide bonds. The molecule has 126 valence electrons. The number of aliphatic hydroxyl groups excluding tert-OH is 1. The topological polar surface area (TPSA) is 78.9 Å². The number of hydrogen-bond acceptors (Lipinski definition) is 4. The molecular weight excluding hydrogens is 323 g/mol. The Labute approximate surface area is 135 Å². The number of nitriles is 1. The zero-order valence-electron chi connectivity index (χ0n) is 12.9. The second-order valence-corrected chi connectivity index (χ2v) is 5.29. The fourth-order valence-corrected chi connectivity index (χ4v) is 2.34. The Morgan fingerprint density at radius 3 is 2.54 bits per heavy atom. The van der Waals surface area contributed by atoms with Crippen LogP contribution in [0.1, 0.15) is 34.1 Å². The number of halogens is 3. The third kappa shape index (κ3) is 3.31. The van der Waals surface area contributed by atoms with Gasteiger partial charge >= 0.3 is 6.18 Å². The normalized spacial score (nSPS) is 12.7. The van der Waals surface area contributed by atoms with Crippen LogP contribution in [0.4, 0.5) is 13.2 Å². The van der Waals surface area contributed by atoms with Crippen LogP contribution in [0.3, 0.4) is 0 Å². The largest absolute Gasteiger partial charge is 0.416 e. The van der Waals surface area contributed by atoms with E-state index in [2.05, 4.69) is 5.10 Å². The van der Waals surface area contributed by atoms with Gasteiger partial charge in [-0.1, -0.05) is 18.2 Å². The minimum Gasteiger partial charge on any atom is -0.386 e. The van der Waals surface area contributed by atoms with Crippen LogP contribution in [0.25, 0.3) is 0 Å². The van der Waals surface area contributed by atoms with E-state index in [-0.39, 0.29) is 11.1 Å². The number of alkyl halides is 3. The number of aryl methyl sites for hydroxylation is 1. The third-order valence-electron chi connectivity index (χ3n) is 3.72. The highest BCUT2D eigenvalue weighted by molar-refractivity contribution is 5.36. The van der Waals surface area contributed by atoms with Gasteiger partial charge in [0.05, 0.1) is 23.9 Å². The molecule has 0 spiro atoms. The first-order valence-corrected chi connectivity index (χ1v) is 6.99. The average Bonchev–Trinajstić information content (AvgIpc) is 2.52. The summed E-state index contributed by atoms with van der Waals surface area (Å²) in [7, 11) is 0. The fourth-order valence-electron chi connectivity index (χ4n) is 2.34. The first-order valence-electron chi connectivity index (χ1n) is 6.99. The molecule has 8 heteroatoms. The highest BCUT2D eigenvalue weighted by Gasteiger charge is 2.34. The predicted octanol–water partition coefficient (Wildman–Crippen LogP) is 2.48. The van der Waals surface area contributed by atoms with Gasteiger partial charge in [0.2, 0.25) is 0 Å². The SMILES string of the molecule is Cc1nn(C[C@H](O)c2ccccc2C(F)(F)F)c(=O)c(C#N)c1C. The lowest BCUT2D eigenvalue weighted by Gasteiger charge is -2.18. The van der Waals surface area contributed by atoms with Gasteiger partial charge in [0, 0.05) is 0 Å². The molecule has 0 radical (unpaired) electrons. The molecule has 0 aliphatic heterocycles. The van der Waals surface area contributed by atoms with Crippen molar-refractivity contribution in [3.05, 3.63) is 62.6 Å². The van der Waals surface area contributed by atoms with Crippen molar-refractivity contribution >= 4 is 0 Å². The van der Waals surface area contributed by atoms with Gasteiger partial charge in [-0.15, -0.1) is 0 Å². The van der Waals surface area contributed by atoms with Crippen LogP contribution in [-0.2, 0) is 12.7 Å². The zero-order chi connectivity index (χ0) is 18.1. The Bertz CT molecular complexity index is 866. The molecule has 0 saturated carbocycles. The maximum absolute atomic E-state index is 13.0. The monoisotopic (exact) mass is 337 g/mol. The second kappa shape index (κ2) is 6.45. The van der Waals surface area contributed by atoms with E-state index in [0.717, 1.165) is 16.8 Å². The van der Waals surface area contributed by atoms with Gasteiger partial charge in [0.25, 0.3) is 5.56 Å². The van der Waals surface area contributed by atoms with Crippen LogP contribution in [0.5, 0.6) is 0 Å². The van der Waals surface area contributed by atoms with E-state index in [0.29, 0.717) is 11.3 Å². The molecule has 24 heavy (non-hydrogen) atoms. The van der Waals surface area contributed by atoms with Gasteiger partial charge < -0.3 is 5.11 Å². The first-order chi connectivity index (χ1) is 11.2. The molecular formula is C16H14F3N3O2. The van der Waals surface area contributed by atoms with Gasteiger partial charge in [0.15, 0.2) is 0 Å². The summed E-state index contributed by atoms with van der Waals surface area (Å²) in [5.74, 6) is 0. The zero-order valence-corrected chi connectivity index (χ0v) is 12.9. The van der Waals surface area contributed by atoms with Crippen LogP contribution in [0.15, 0.2) is 29.1 Å². The molecule has 1 aromatic carbocycles. The standard InChI is InChI=1S/C16H14F3N3O2/c1-9-10(2)21-22(15(24)12(9)7-20)8-14(23)11-5-3-4-6-13(11)16(17,18)19/h3-6,14,23H,8H2,1-2H3/t14-/m0/s1. The van der Waals surface area contributed by atoms with E-state index in [1.165, 1.54) is 12.1 Å².